The number of alkyl halides is 2. The number of carbonyl (C=O) groups is 1. The van der Waals surface area contributed by atoms with Crippen LogP contribution in [0.15, 0.2) is 36.5 Å². The highest BCUT2D eigenvalue weighted by Crippen LogP contribution is 2.29. The lowest BCUT2D eigenvalue weighted by Crippen LogP contribution is -2.22. The minimum atomic E-state index is -2.94. The Labute approximate surface area is 136 Å². The summed E-state index contributed by atoms with van der Waals surface area (Å²) in [5.74, 6) is -0.247. The number of rotatable bonds is 6. The number of pyridine rings is 1. The molecule has 1 aromatic heterocycles. The highest BCUT2D eigenvalue weighted by Gasteiger charge is 2.12. The summed E-state index contributed by atoms with van der Waals surface area (Å²) in [6.07, 6.45) is 1.43. The van der Waals surface area contributed by atoms with Crippen LogP contribution in [0.1, 0.15) is 15.9 Å². The third-order valence-electron chi connectivity index (χ3n) is 2.89. The van der Waals surface area contributed by atoms with Crippen molar-refractivity contribution >= 4 is 17.5 Å². The Morgan fingerprint density at radius 3 is 2.74 bits per heavy atom. The van der Waals surface area contributed by atoms with Gasteiger partial charge in [-0.05, 0) is 29.8 Å². The average Bonchev–Trinajstić information content (AvgIpc) is 2.53. The van der Waals surface area contributed by atoms with Crippen LogP contribution in [0.3, 0.4) is 0 Å². The molecule has 1 amide bonds. The molecule has 0 aliphatic carbocycles. The fourth-order valence-electron chi connectivity index (χ4n) is 1.84. The lowest BCUT2D eigenvalue weighted by molar-refractivity contribution is -0.0512. The molecule has 2 rings (SSSR count). The van der Waals surface area contributed by atoms with Crippen LogP contribution in [0, 0.1) is 0 Å². The molecule has 0 atom stereocenters. The van der Waals surface area contributed by atoms with Gasteiger partial charge in [0, 0.05) is 18.3 Å². The van der Waals surface area contributed by atoms with Gasteiger partial charge in [-0.3, -0.25) is 4.79 Å². The van der Waals surface area contributed by atoms with Gasteiger partial charge in [0.15, 0.2) is 11.5 Å². The third kappa shape index (κ3) is 4.79. The van der Waals surface area contributed by atoms with Crippen molar-refractivity contribution in [3.63, 3.8) is 0 Å². The maximum atomic E-state index is 12.3. The predicted molar refractivity (Wildman–Crippen MR) is 80.0 cm³/mol. The molecular formula is C15H13ClF2N2O3. The minimum Gasteiger partial charge on any atom is -0.493 e. The van der Waals surface area contributed by atoms with Crippen molar-refractivity contribution in [2.45, 2.75) is 13.2 Å². The van der Waals surface area contributed by atoms with Gasteiger partial charge >= 0.3 is 6.61 Å². The van der Waals surface area contributed by atoms with Crippen molar-refractivity contribution in [3.05, 3.63) is 52.8 Å². The molecule has 2 aromatic rings. The van der Waals surface area contributed by atoms with Crippen LogP contribution in [0.25, 0.3) is 0 Å². The summed E-state index contributed by atoms with van der Waals surface area (Å²) in [6.45, 7) is -2.75. The number of hydrogen-bond donors (Lipinski definition) is 1. The van der Waals surface area contributed by atoms with E-state index < -0.39 is 6.61 Å². The Balaban J connectivity index is 2.04. The third-order valence-corrected chi connectivity index (χ3v) is 3.09. The second-order valence-electron chi connectivity index (χ2n) is 4.41. The number of ether oxygens (including phenoxy) is 2. The summed E-state index contributed by atoms with van der Waals surface area (Å²) in [5, 5.41) is 2.90. The normalized spacial score (nSPS) is 10.5. The van der Waals surface area contributed by atoms with Crippen molar-refractivity contribution in [1.29, 1.82) is 0 Å². The van der Waals surface area contributed by atoms with Crippen molar-refractivity contribution < 1.29 is 23.0 Å². The summed E-state index contributed by atoms with van der Waals surface area (Å²) in [6, 6.07) is 7.39. The number of amides is 1. The molecule has 0 saturated carbocycles. The number of carbonyl (C=O) groups excluding carboxylic acids is 1. The molecule has 0 spiro atoms. The van der Waals surface area contributed by atoms with Gasteiger partial charge in [0.2, 0.25) is 0 Å². The number of nitrogens with zero attached hydrogens (tertiary/aromatic N) is 1. The highest BCUT2D eigenvalue weighted by molar-refractivity contribution is 6.29. The fraction of sp³-hybridized carbons (Fsp3) is 0.200. The molecule has 0 radical (unpaired) electrons. The van der Waals surface area contributed by atoms with E-state index in [1.165, 1.54) is 37.6 Å². The minimum absolute atomic E-state index is 0.0708. The molecule has 1 heterocycles. The van der Waals surface area contributed by atoms with Gasteiger partial charge in [-0.25, -0.2) is 4.98 Å². The molecule has 122 valence electrons. The summed E-state index contributed by atoms with van der Waals surface area (Å²) in [5.41, 5.74) is 1.03. The van der Waals surface area contributed by atoms with Crippen LogP contribution >= 0.6 is 11.6 Å². The molecule has 0 aliphatic rings. The Bertz CT molecular complexity index is 698. The van der Waals surface area contributed by atoms with Gasteiger partial charge in [-0.2, -0.15) is 8.78 Å². The predicted octanol–water partition coefficient (Wildman–Crippen LogP) is 3.28. The van der Waals surface area contributed by atoms with E-state index in [2.05, 4.69) is 15.0 Å². The zero-order valence-electron chi connectivity index (χ0n) is 12.1. The van der Waals surface area contributed by atoms with Gasteiger partial charge in [-0.15, -0.1) is 0 Å². The van der Waals surface area contributed by atoms with Gasteiger partial charge in [0.1, 0.15) is 5.15 Å². The lowest BCUT2D eigenvalue weighted by Gasteiger charge is -2.12. The van der Waals surface area contributed by atoms with Gasteiger partial charge in [-0.1, -0.05) is 17.7 Å². The Morgan fingerprint density at radius 1 is 1.30 bits per heavy atom. The number of hydrogen-bond acceptors (Lipinski definition) is 4. The van der Waals surface area contributed by atoms with E-state index in [-0.39, 0.29) is 29.1 Å². The zero-order valence-corrected chi connectivity index (χ0v) is 12.8. The van der Waals surface area contributed by atoms with E-state index in [0.29, 0.717) is 11.1 Å². The number of benzene rings is 1. The largest absolute Gasteiger partial charge is 0.493 e. The number of nitrogens with one attached hydrogen (secondary N) is 1. The molecule has 0 saturated heterocycles. The zero-order chi connectivity index (χ0) is 16.8. The monoisotopic (exact) mass is 342 g/mol. The van der Waals surface area contributed by atoms with Crippen molar-refractivity contribution in [1.82, 2.24) is 10.3 Å². The maximum absolute atomic E-state index is 12.3. The Morgan fingerprint density at radius 2 is 2.09 bits per heavy atom. The van der Waals surface area contributed by atoms with Crippen LogP contribution in [-0.2, 0) is 6.54 Å². The highest BCUT2D eigenvalue weighted by atomic mass is 35.5. The Kier molecular flexibility index (Phi) is 5.70. The molecular weight excluding hydrogens is 330 g/mol. The standard InChI is InChI=1S/C15H13ClF2N2O3/c1-22-12-6-9(2-3-11(12)23-15(17)18)8-20-14(21)10-4-5-19-13(16)7-10/h2-7,15H,8H2,1H3,(H,20,21). The van der Waals surface area contributed by atoms with E-state index in [0.717, 1.165) is 0 Å². The molecule has 0 bridgehead atoms. The Hall–Kier alpha value is -2.41. The molecule has 23 heavy (non-hydrogen) atoms. The number of aromatic nitrogens is 1. The first kappa shape index (κ1) is 17.0. The first-order valence-corrected chi connectivity index (χ1v) is 6.89. The summed E-state index contributed by atoms with van der Waals surface area (Å²) in [7, 11) is 1.34. The smallest absolute Gasteiger partial charge is 0.387 e. The molecule has 5 nitrogen and oxygen atoms in total. The average molecular weight is 343 g/mol. The molecule has 0 fully saturated rings. The van der Waals surface area contributed by atoms with Crippen molar-refractivity contribution in [2.24, 2.45) is 0 Å². The summed E-state index contributed by atoms with van der Waals surface area (Å²) < 4.78 is 33.9. The first-order valence-electron chi connectivity index (χ1n) is 6.51. The van der Waals surface area contributed by atoms with Gasteiger partial charge in [0.05, 0.1) is 7.11 Å². The molecule has 0 unspecified atom stereocenters. The van der Waals surface area contributed by atoms with E-state index >= 15 is 0 Å². The summed E-state index contributed by atoms with van der Waals surface area (Å²) >= 11 is 5.72. The van der Waals surface area contributed by atoms with E-state index in [1.807, 2.05) is 0 Å². The van der Waals surface area contributed by atoms with E-state index in [4.69, 9.17) is 16.3 Å². The van der Waals surface area contributed by atoms with Gasteiger partial charge in [0.25, 0.3) is 5.91 Å². The summed E-state index contributed by atoms with van der Waals surface area (Å²) in [4.78, 5) is 15.8. The molecule has 0 aliphatic heterocycles. The van der Waals surface area contributed by atoms with Crippen LogP contribution in [0.4, 0.5) is 8.78 Å². The quantitative estimate of drug-likeness (QED) is 0.818. The van der Waals surface area contributed by atoms with E-state index in [1.54, 1.807) is 6.07 Å². The van der Waals surface area contributed by atoms with Crippen LogP contribution < -0.4 is 14.8 Å². The number of methoxy groups -OCH3 is 1. The second-order valence-corrected chi connectivity index (χ2v) is 4.80. The van der Waals surface area contributed by atoms with Crippen LogP contribution in [0.5, 0.6) is 11.5 Å². The lowest BCUT2D eigenvalue weighted by atomic mass is 10.2. The van der Waals surface area contributed by atoms with Crippen LogP contribution in [0.2, 0.25) is 5.15 Å². The second kappa shape index (κ2) is 7.73. The van der Waals surface area contributed by atoms with E-state index in [9.17, 15) is 13.6 Å². The molecule has 1 N–H and O–H groups in total. The maximum Gasteiger partial charge on any atom is 0.387 e. The van der Waals surface area contributed by atoms with Crippen molar-refractivity contribution in [2.75, 3.05) is 7.11 Å². The van der Waals surface area contributed by atoms with Crippen molar-refractivity contribution in [3.8, 4) is 11.5 Å². The van der Waals surface area contributed by atoms with Gasteiger partial charge < -0.3 is 14.8 Å². The SMILES string of the molecule is COc1cc(CNC(=O)c2ccnc(Cl)c2)ccc1OC(F)F. The topological polar surface area (TPSA) is 60.5 Å². The first-order chi connectivity index (χ1) is 11.0. The van der Waals surface area contributed by atoms with Crippen LogP contribution in [-0.4, -0.2) is 24.6 Å². The molecule has 8 heteroatoms. The fourth-order valence-corrected chi connectivity index (χ4v) is 2.02. The molecule has 1 aromatic carbocycles. The number of halogens is 3.